The largest absolute Gasteiger partial charge is 0.355 e. The number of halogens is 3. The summed E-state index contributed by atoms with van der Waals surface area (Å²) in [6.45, 7) is 0.640. The number of nitrogens with one attached hydrogen (secondary N) is 1. The molecule has 0 aliphatic heterocycles. The highest BCUT2D eigenvalue weighted by molar-refractivity contribution is 9.09. The van der Waals surface area contributed by atoms with Crippen molar-refractivity contribution in [3.05, 3.63) is 35.4 Å². The highest BCUT2D eigenvalue weighted by Crippen LogP contribution is 2.37. The first-order valence-electron chi connectivity index (χ1n) is 7.31. The topological polar surface area (TPSA) is 29.1 Å². The van der Waals surface area contributed by atoms with Gasteiger partial charge in [-0.05, 0) is 36.0 Å². The Hall–Kier alpha value is -0.970. The lowest BCUT2D eigenvalue weighted by atomic mass is 9.75. The molecule has 0 heterocycles. The van der Waals surface area contributed by atoms with E-state index in [0.717, 1.165) is 30.3 Å². The van der Waals surface area contributed by atoms with Gasteiger partial charge in [0.15, 0.2) is 11.6 Å². The summed E-state index contributed by atoms with van der Waals surface area (Å²) >= 11 is 3.56. The van der Waals surface area contributed by atoms with Crippen LogP contribution in [-0.2, 0) is 11.2 Å². The molecule has 5 heteroatoms. The number of alkyl halides is 1. The standard InChI is InChI=1S/C16H20BrF2NO/c17-10-16(6-2-1-3-7-16)11-20-15(21)9-12-4-5-13(18)14(19)8-12/h4-5,8H,1-3,6-7,9-11H2,(H,20,21). The Bertz CT molecular complexity index is 501. The Morgan fingerprint density at radius 3 is 2.52 bits per heavy atom. The minimum Gasteiger partial charge on any atom is -0.355 e. The molecular weight excluding hydrogens is 340 g/mol. The first kappa shape index (κ1) is 16.4. The number of amides is 1. The highest BCUT2D eigenvalue weighted by atomic mass is 79.9. The molecule has 2 rings (SSSR count). The molecule has 1 amide bonds. The van der Waals surface area contributed by atoms with Gasteiger partial charge in [0.05, 0.1) is 6.42 Å². The first-order valence-corrected chi connectivity index (χ1v) is 8.43. The van der Waals surface area contributed by atoms with Gasteiger partial charge in [-0.25, -0.2) is 8.78 Å². The monoisotopic (exact) mass is 359 g/mol. The Balaban J connectivity index is 1.87. The molecule has 116 valence electrons. The summed E-state index contributed by atoms with van der Waals surface area (Å²) in [5, 5.41) is 3.82. The van der Waals surface area contributed by atoms with Crippen LogP contribution in [0.1, 0.15) is 37.7 Å². The number of rotatable bonds is 5. The van der Waals surface area contributed by atoms with E-state index in [1.165, 1.54) is 25.3 Å². The van der Waals surface area contributed by atoms with E-state index in [1.54, 1.807) is 0 Å². The van der Waals surface area contributed by atoms with Gasteiger partial charge in [0, 0.05) is 11.9 Å². The van der Waals surface area contributed by atoms with E-state index in [4.69, 9.17) is 0 Å². The fraction of sp³-hybridized carbons (Fsp3) is 0.562. The molecule has 2 nitrogen and oxygen atoms in total. The van der Waals surface area contributed by atoms with Crippen molar-refractivity contribution in [3.8, 4) is 0 Å². The van der Waals surface area contributed by atoms with Gasteiger partial charge in [-0.3, -0.25) is 4.79 Å². The third kappa shape index (κ3) is 4.50. The van der Waals surface area contributed by atoms with Crippen LogP contribution in [0, 0.1) is 17.0 Å². The zero-order valence-electron chi connectivity index (χ0n) is 11.9. The molecule has 1 saturated carbocycles. The number of carbonyl (C=O) groups is 1. The molecule has 21 heavy (non-hydrogen) atoms. The lowest BCUT2D eigenvalue weighted by Crippen LogP contribution is -2.40. The fourth-order valence-corrected chi connectivity index (χ4v) is 3.60. The summed E-state index contributed by atoms with van der Waals surface area (Å²) in [5.41, 5.74) is 0.630. The van der Waals surface area contributed by atoms with E-state index in [0.29, 0.717) is 12.1 Å². The van der Waals surface area contributed by atoms with Crippen LogP contribution in [0.3, 0.4) is 0 Å². The molecule has 1 aliphatic carbocycles. The second-order valence-corrected chi connectivity index (χ2v) is 6.46. The van der Waals surface area contributed by atoms with Gasteiger partial charge in [0.25, 0.3) is 0 Å². The number of hydrogen-bond acceptors (Lipinski definition) is 1. The van der Waals surface area contributed by atoms with Crippen molar-refractivity contribution >= 4 is 21.8 Å². The number of hydrogen-bond donors (Lipinski definition) is 1. The summed E-state index contributed by atoms with van der Waals surface area (Å²) < 4.78 is 26.0. The normalized spacial score (nSPS) is 17.5. The summed E-state index contributed by atoms with van der Waals surface area (Å²) in [6.07, 6.45) is 5.97. The van der Waals surface area contributed by atoms with Crippen LogP contribution in [0.25, 0.3) is 0 Å². The van der Waals surface area contributed by atoms with Crippen molar-refractivity contribution in [2.75, 3.05) is 11.9 Å². The van der Waals surface area contributed by atoms with Gasteiger partial charge < -0.3 is 5.32 Å². The van der Waals surface area contributed by atoms with Gasteiger partial charge in [-0.1, -0.05) is 41.3 Å². The molecule has 0 atom stereocenters. The maximum absolute atomic E-state index is 13.1. The van der Waals surface area contributed by atoms with Gasteiger partial charge in [-0.15, -0.1) is 0 Å². The molecule has 0 unspecified atom stereocenters. The lowest BCUT2D eigenvalue weighted by molar-refractivity contribution is -0.121. The molecule has 1 aliphatic rings. The molecule has 0 radical (unpaired) electrons. The van der Waals surface area contributed by atoms with Crippen molar-refractivity contribution < 1.29 is 13.6 Å². The second kappa shape index (κ2) is 7.34. The molecule has 1 aromatic carbocycles. The quantitative estimate of drug-likeness (QED) is 0.791. The van der Waals surface area contributed by atoms with Crippen LogP contribution in [0.5, 0.6) is 0 Å². The molecule has 0 bridgehead atoms. The number of carbonyl (C=O) groups excluding carboxylic acids is 1. The minimum absolute atomic E-state index is 0.0789. The maximum Gasteiger partial charge on any atom is 0.224 e. The van der Waals surface area contributed by atoms with Crippen LogP contribution in [-0.4, -0.2) is 17.8 Å². The molecule has 0 saturated heterocycles. The van der Waals surface area contributed by atoms with Crippen molar-refractivity contribution in [1.82, 2.24) is 5.32 Å². The average Bonchev–Trinajstić information content (AvgIpc) is 2.50. The zero-order chi connectivity index (χ0) is 15.3. The summed E-state index contributed by atoms with van der Waals surface area (Å²) in [6, 6.07) is 3.58. The zero-order valence-corrected chi connectivity index (χ0v) is 13.5. The predicted octanol–water partition coefficient (Wildman–Crippen LogP) is 3.97. The Labute approximate surface area is 132 Å². The third-order valence-electron chi connectivity index (χ3n) is 4.21. The van der Waals surface area contributed by atoms with Gasteiger partial charge in [-0.2, -0.15) is 0 Å². The van der Waals surface area contributed by atoms with Crippen molar-refractivity contribution in [2.24, 2.45) is 5.41 Å². The van der Waals surface area contributed by atoms with Crippen molar-refractivity contribution in [2.45, 2.75) is 38.5 Å². The van der Waals surface area contributed by atoms with Gasteiger partial charge in [0.2, 0.25) is 5.91 Å². The molecule has 1 fully saturated rings. The highest BCUT2D eigenvalue weighted by Gasteiger charge is 2.31. The summed E-state index contributed by atoms with van der Waals surface area (Å²) in [4.78, 5) is 12.0. The van der Waals surface area contributed by atoms with E-state index in [2.05, 4.69) is 21.2 Å². The lowest BCUT2D eigenvalue weighted by Gasteiger charge is -2.35. The molecule has 1 N–H and O–H groups in total. The van der Waals surface area contributed by atoms with E-state index in [-0.39, 0.29) is 17.7 Å². The maximum atomic E-state index is 13.1. The third-order valence-corrected chi connectivity index (χ3v) is 5.40. The summed E-state index contributed by atoms with van der Waals surface area (Å²) in [7, 11) is 0. The van der Waals surface area contributed by atoms with Gasteiger partial charge in [0.1, 0.15) is 0 Å². The fourth-order valence-electron chi connectivity index (χ4n) is 2.84. The molecular formula is C16H20BrF2NO. The van der Waals surface area contributed by atoms with E-state index >= 15 is 0 Å². The Morgan fingerprint density at radius 2 is 1.90 bits per heavy atom. The number of benzene rings is 1. The molecule has 1 aromatic rings. The van der Waals surface area contributed by atoms with Crippen LogP contribution < -0.4 is 5.32 Å². The van der Waals surface area contributed by atoms with Crippen LogP contribution >= 0.6 is 15.9 Å². The van der Waals surface area contributed by atoms with Crippen LogP contribution in [0.2, 0.25) is 0 Å². The minimum atomic E-state index is -0.912. The van der Waals surface area contributed by atoms with Crippen molar-refractivity contribution in [1.29, 1.82) is 0 Å². The van der Waals surface area contributed by atoms with Crippen LogP contribution in [0.15, 0.2) is 18.2 Å². The molecule has 0 aromatic heterocycles. The van der Waals surface area contributed by atoms with Crippen molar-refractivity contribution in [3.63, 3.8) is 0 Å². The average molecular weight is 360 g/mol. The second-order valence-electron chi connectivity index (χ2n) is 5.90. The Morgan fingerprint density at radius 1 is 1.19 bits per heavy atom. The van der Waals surface area contributed by atoms with Gasteiger partial charge >= 0.3 is 0 Å². The SMILES string of the molecule is O=C(Cc1ccc(F)c(F)c1)NCC1(CBr)CCCCC1. The van der Waals surface area contributed by atoms with E-state index < -0.39 is 11.6 Å². The predicted molar refractivity (Wildman–Crippen MR) is 82.4 cm³/mol. The Kier molecular flexibility index (Phi) is 5.73. The first-order chi connectivity index (χ1) is 10.0. The van der Waals surface area contributed by atoms with E-state index in [1.807, 2.05) is 0 Å². The van der Waals surface area contributed by atoms with Crippen LogP contribution in [0.4, 0.5) is 8.78 Å². The molecule has 0 spiro atoms. The summed E-state index contributed by atoms with van der Waals surface area (Å²) in [5.74, 6) is -1.95. The van der Waals surface area contributed by atoms with E-state index in [9.17, 15) is 13.6 Å². The smallest absolute Gasteiger partial charge is 0.224 e.